The average molecular weight is 272 g/mol. The van der Waals surface area contributed by atoms with Crippen molar-refractivity contribution < 1.29 is 4.74 Å². The first kappa shape index (κ1) is 12.5. The maximum atomic E-state index is 5.42. The average Bonchev–Trinajstić information content (AvgIpc) is 2.42. The van der Waals surface area contributed by atoms with Crippen LogP contribution in [0, 0.1) is 11.6 Å². The summed E-state index contributed by atoms with van der Waals surface area (Å²) in [4.78, 5) is 7.89. The van der Waals surface area contributed by atoms with Gasteiger partial charge < -0.3 is 9.72 Å². The van der Waals surface area contributed by atoms with Crippen LogP contribution < -0.4 is 0 Å². The van der Waals surface area contributed by atoms with E-state index in [-0.39, 0.29) is 0 Å². The third-order valence-corrected chi connectivity index (χ3v) is 3.73. The van der Waals surface area contributed by atoms with E-state index in [4.69, 9.17) is 17.0 Å². The Morgan fingerprint density at radius 1 is 1.32 bits per heavy atom. The van der Waals surface area contributed by atoms with Gasteiger partial charge in [-0.3, -0.25) is 0 Å². The molecule has 3 rings (SSSR count). The van der Waals surface area contributed by atoms with E-state index < -0.39 is 0 Å². The van der Waals surface area contributed by atoms with Gasteiger partial charge in [0.15, 0.2) is 0 Å². The van der Waals surface area contributed by atoms with Crippen molar-refractivity contribution in [2.24, 2.45) is 0 Å². The molecule has 0 unspecified atom stereocenters. The highest BCUT2D eigenvalue weighted by Crippen LogP contribution is 2.16. The number of aryl methyl sites for hydroxylation is 1. The molecule has 0 radical (unpaired) electrons. The highest BCUT2D eigenvalue weighted by atomic mass is 32.1. The Bertz CT molecular complexity index is 646. The number of H-pyrrole nitrogens is 1. The summed E-state index contributed by atoms with van der Waals surface area (Å²) < 4.78 is 6.10. The highest BCUT2D eigenvalue weighted by molar-refractivity contribution is 7.71. The third kappa shape index (κ3) is 2.74. The fourth-order valence-corrected chi connectivity index (χ4v) is 2.58. The molecule has 0 saturated heterocycles. The first-order valence-electron chi connectivity index (χ1n) is 6.46. The number of fused-ring (bicyclic) bond motifs is 1. The molecular formula is C15H16N2OS. The molecule has 3 nitrogen and oxygen atoms in total. The minimum Gasteiger partial charge on any atom is -0.376 e. The molecule has 1 N–H and O–H groups in total. The van der Waals surface area contributed by atoms with Crippen molar-refractivity contribution in [1.82, 2.24) is 9.97 Å². The summed E-state index contributed by atoms with van der Waals surface area (Å²) in [5.41, 5.74) is 4.75. The predicted octanol–water partition coefficient (Wildman–Crippen LogP) is 3.11. The van der Waals surface area contributed by atoms with E-state index in [1.54, 1.807) is 0 Å². The Morgan fingerprint density at radius 3 is 2.89 bits per heavy atom. The minimum atomic E-state index is 0.586. The summed E-state index contributed by atoms with van der Waals surface area (Å²) >= 11 is 5.35. The van der Waals surface area contributed by atoms with Crippen LogP contribution in [0.5, 0.6) is 0 Å². The quantitative estimate of drug-likeness (QED) is 0.854. The Balaban J connectivity index is 1.91. The fourth-order valence-electron chi connectivity index (χ4n) is 2.29. The van der Waals surface area contributed by atoms with Gasteiger partial charge in [0.2, 0.25) is 0 Å². The summed E-state index contributed by atoms with van der Waals surface area (Å²) in [6, 6.07) is 8.51. The number of benzene rings is 1. The lowest BCUT2D eigenvalue weighted by atomic mass is 10.1. The molecule has 0 fully saturated rings. The summed E-state index contributed by atoms with van der Waals surface area (Å²) in [6.07, 6.45) is 1.68. The van der Waals surface area contributed by atoms with E-state index in [0.29, 0.717) is 11.2 Å². The van der Waals surface area contributed by atoms with Crippen LogP contribution in [0.3, 0.4) is 0 Å². The number of nitrogens with one attached hydrogen (secondary N) is 1. The molecule has 1 aromatic carbocycles. The van der Waals surface area contributed by atoms with Crippen molar-refractivity contribution in [3.63, 3.8) is 0 Å². The van der Waals surface area contributed by atoms with E-state index in [1.165, 1.54) is 16.8 Å². The zero-order valence-corrected chi connectivity index (χ0v) is 11.7. The maximum Gasteiger partial charge on any atom is 0.135 e. The second-order valence-corrected chi connectivity index (χ2v) is 5.30. The summed E-state index contributed by atoms with van der Waals surface area (Å²) in [5.74, 6) is 0.939. The van der Waals surface area contributed by atoms with Crippen LogP contribution in [0.4, 0.5) is 0 Å². The van der Waals surface area contributed by atoms with E-state index in [0.717, 1.165) is 30.8 Å². The molecule has 4 heteroatoms. The van der Waals surface area contributed by atoms with Crippen LogP contribution in [0.15, 0.2) is 24.3 Å². The number of rotatable bonds is 2. The van der Waals surface area contributed by atoms with Gasteiger partial charge in [0, 0.05) is 24.1 Å². The third-order valence-electron chi connectivity index (χ3n) is 3.39. The lowest BCUT2D eigenvalue weighted by Crippen LogP contribution is -2.15. The van der Waals surface area contributed by atoms with E-state index in [2.05, 4.69) is 41.2 Å². The number of nitrogens with zero attached hydrogens (tertiary/aromatic N) is 1. The zero-order chi connectivity index (χ0) is 13.2. The largest absolute Gasteiger partial charge is 0.376 e. The van der Waals surface area contributed by atoms with Gasteiger partial charge in [-0.15, -0.1) is 0 Å². The molecule has 0 aliphatic carbocycles. The van der Waals surface area contributed by atoms with Crippen LogP contribution in [-0.4, -0.2) is 16.6 Å². The lowest BCUT2D eigenvalue weighted by Gasteiger charge is -2.17. The Hall–Kier alpha value is -1.52. The molecule has 1 aromatic heterocycles. The second-order valence-electron chi connectivity index (χ2n) is 4.91. The monoisotopic (exact) mass is 272 g/mol. The van der Waals surface area contributed by atoms with E-state index >= 15 is 0 Å². The molecule has 1 aliphatic rings. The minimum absolute atomic E-state index is 0.586. The van der Waals surface area contributed by atoms with Crippen LogP contribution in [0.1, 0.15) is 28.2 Å². The number of hydrogen-bond acceptors (Lipinski definition) is 3. The second kappa shape index (κ2) is 5.23. The molecule has 0 atom stereocenters. The molecule has 98 valence electrons. The first-order chi connectivity index (χ1) is 9.22. The maximum absolute atomic E-state index is 5.42. The number of aromatic amines is 1. The standard InChI is InChI=1S/C15H16N2OS/c1-10-2-4-11(5-3-10)8-14-16-13-6-7-18-9-12(13)15(19)17-14/h2-5H,6-9H2,1H3,(H,16,17,19). The molecule has 0 saturated carbocycles. The number of hydrogen-bond donors (Lipinski definition) is 1. The normalized spacial score (nSPS) is 14.2. The van der Waals surface area contributed by atoms with Crippen molar-refractivity contribution in [2.45, 2.75) is 26.4 Å². The van der Waals surface area contributed by atoms with Crippen LogP contribution >= 0.6 is 12.2 Å². The Kier molecular flexibility index (Phi) is 3.44. The number of aromatic nitrogens is 2. The molecule has 0 spiro atoms. The molecule has 2 aromatic rings. The van der Waals surface area contributed by atoms with Gasteiger partial charge in [-0.25, -0.2) is 4.98 Å². The molecule has 19 heavy (non-hydrogen) atoms. The van der Waals surface area contributed by atoms with Crippen molar-refractivity contribution in [3.8, 4) is 0 Å². The molecule has 0 amide bonds. The van der Waals surface area contributed by atoms with E-state index in [9.17, 15) is 0 Å². The summed E-state index contributed by atoms with van der Waals surface area (Å²) in [6.45, 7) is 3.43. The summed E-state index contributed by atoms with van der Waals surface area (Å²) in [7, 11) is 0. The molecule has 1 aliphatic heterocycles. The van der Waals surface area contributed by atoms with Gasteiger partial charge in [0.1, 0.15) is 10.5 Å². The fraction of sp³-hybridized carbons (Fsp3) is 0.333. The molecule has 0 bridgehead atoms. The smallest absolute Gasteiger partial charge is 0.135 e. The van der Waals surface area contributed by atoms with Crippen molar-refractivity contribution in [3.05, 3.63) is 57.1 Å². The van der Waals surface area contributed by atoms with Crippen LogP contribution in [-0.2, 0) is 24.2 Å². The van der Waals surface area contributed by atoms with Gasteiger partial charge in [-0.1, -0.05) is 42.0 Å². The van der Waals surface area contributed by atoms with Gasteiger partial charge in [-0.05, 0) is 12.5 Å². The van der Waals surface area contributed by atoms with Crippen LogP contribution in [0.2, 0.25) is 0 Å². The van der Waals surface area contributed by atoms with Crippen molar-refractivity contribution in [2.75, 3.05) is 6.61 Å². The van der Waals surface area contributed by atoms with Gasteiger partial charge in [0.05, 0.1) is 13.2 Å². The van der Waals surface area contributed by atoms with Gasteiger partial charge in [0.25, 0.3) is 0 Å². The van der Waals surface area contributed by atoms with Gasteiger partial charge >= 0.3 is 0 Å². The van der Waals surface area contributed by atoms with Crippen molar-refractivity contribution in [1.29, 1.82) is 0 Å². The first-order valence-corrected chi connectivity index (χ1v) is 6.87. The predicted molar refractivity (Wildman–Crippen MR) is 76.8 cm³/mol. The SMILES string of the molecule is Cc1ccc(Cc2nc(=S)c3c([nH]2)CCOC3)cc1. The topological polar surface area (TPSA) is 37.9 Å². The number of ether oxygens (including phenoxy) is 1. The molecular weight excluding hydrogens is 256 g/mol. The highest BCUT2D eigenvalue weighted by Gasteiger charge is 2.13. The summed E-state index contributed by atoms with van der Waals surface area (Å²) in [5, 5.41) is 0. The lowest BCUT2D eigenvalue weighted by molar-refractivity contribution is 0.108. The Morgan fingerprint density at radius 2 is 2.11 bits per heavy atom. The zero-order valence-electron chi connectivity index (χ0n) is 10.9. The van der Waals surface area contributed by atoms with E-state index in [1.807, 2.05) is 0 Å². The van der Waals surface area contributed by atoms with Crippen LogP contribution in [0.25, 0.3) is 0 Å². The Labute approximate surface area is 117 Å². The van der Waals surface area contributed by atoms with Gasteiger partial charge in [-0.2, -0.15) is 0 Å². The van der Waals surface area contributed by atoms with Crippen molar-refractivity contribution >= 4 is 12.2 Å². The molecule has 2 heterocycles.